The fourth-order valence-electron chi connectivity index (χ4n) is 3.49. The summed E-state index contributed by atoms with van der Waals surface area (Å²) >= 11 is 0. The lowest BCUT2D eigenvalue weighted by Gasteiger charge is -2.36. The molecule has 0 aromatic carbocycles. The zero-order valence-corrected chi connectivity index (χ0v) is 12.8. The highest BCUT2D eigenvalue weighted by molar-refractivity contribution is 5.81. The van der Waals surface area contributed by atoms with Gasteiger partial charge in [-0.05, 0) is 51.1 Å². The summed E-state index contributed by atoms with van der Waals surface area (Å²) in [5.74, 6) is 0.299. The number of likely N-dealkylation sites (tertiary alicyclic amines) is 2. The van der Waals surface area contributed by atoms with Crippen molar-refractivity contribution in [3.8, 4) is 0 Å². The maximum Gasteiger partial charge on any atom is 0.236 e. The molecule has 0 aliphatic carbocycles. The monoisotopic (exact) mass is 296 g/mol. The first-order chi connectivity index (χ1) is 10.1. The van der Waals surface area contributed by atoms with E-state index in [1.165, 1.54) is 6.42 Å². The fourth-order valence-corrected chi connectivity index (χ4v) is 3.49. The highest BCUT2D eigenvalue weighted by atomic mass is 16.2. The van der Waals surface area contributed by atoms with Gasteiger partial charge in [0.2, 0.25) is 11.8 Å². The van der Waals surface area contributed by atoms with Crippen molar-refractivity contribution in [1.82, 2.24) is 9.80 Å². The molecule has 2 aliphatic rings. The fraction of sp³-hybridized carbons (Fsp3) is 0.867. The van der Waals surface area contributed by atoms with E-state index in [0.29, 0.717) is 19.0 Å². The Morgan fingerprint density at radius 2 is 1.86 bits per heavy atom. The summed E-state index contributed by atoms with van der Waals surface area (Å²) in [4.78, 5) is 27.7. The number of hydrogen-bond donors (Lipinski definition) is 2. The molecule has 0 radical (unpaired) electrons. The normalized spacial score (nSPS) is 27.6. The number of primary amides is 1. The number of hydrogen-bond acceptors (Lipinski definition) is 4. The summed E-state index contributed by atoms with van der Waals surface area (Å²) in [6, 6.07) is 0. The van der Waals surface area contributed by atoms with Crippen LogP contribution in [-0.2, 0) is 9.59 Å². The van der Waals surface area contributed by atoms with Crippen LogP contribution in [0, 0.1) is 11.8 Å². The molecule has 2 rings (SSSR count). The van der Waals surface area contributed by atoms with Crippen LogP contribution in [0.25, 0.3) is 0 Å². The average molecular weight is 296 g/mol. The quantitative estimate of drug-likeness (QED) is 0.733. The molecule has 6 nitrogen and oxygen atoms in total. The SMILES string of the molecule is NCCC1CCCN(CC(=O)N2CCCC(C(N)=O)C2)C1. The van der Waals surface area contributed by atoms with E-state index in [4.69, 9.17) is 11.5 Å². The number of carbonyl (C=O) groups excluding carboxylic acids is 2. The summed E-state index contributed by atoms with van der Waals surface area (Å²) in [7, 11) is 0. The van der Waals surface area contributed by atoms with Crippen LogP contribution in [0.15, 0.2) is 0 Å². The van der Waals surface area contributed by atoms with Crippen molar-refractivity contribution >= 4 is 11.8 Å². The van der Waals surface area contributed by atoms with Gasteiger partial charge in [-0.3, -0.25) is 14.5 Å². The third kappa shape index (κ3) is 4.68. The summed E-state index contributed by atoms with van der Waals surface area (Å²) in [5, 5.41) is 0. The maximum atomic E-state index is 12.4. The van der Waals surface area contributed by atoms with Crippen molar-refractivity contribution in [3.63, 3.8) is 0 Å². The second-order valence-electron chi connectivity index (χ2n) is 6.40. The first-order valence-corrected chi connectivity index (χ1v) is 8.09. The van der Waals surface area contributed by atoms with E-state index in [9.17, 15) is 9.59 Å². The molecule has 0 spiro atoms. The van der Waals surface area contributed by atoms with Crippen LogP contribution < -0.4 is 11.5 Å². The average Bonchev–Trinajstić information content (AvgIpc) is 2.48. The number of carbonyl (C=O) groups is 2. The molecule has 0 bridgehead atoms. The number of amides is 2. The van der Waals surface area contributed by atoms with Crippen LogP contribution in [0.2, 0.25) is 0 Å². The smallest absolute Gasteiger partial charge is 0.236 e. The largest absolute Gasteiger partial charge is 0.369 e. The van der Waals surface area contributed by atoms with Gasteiger partial charge in [-0.15, -0.1) is 0 Å². The number of piperidine rings is 2. The lowest BCUT2D eigenvalue weighted by molar-refractivity contribution is -0.136. The van der Waals surface area contributed by atoms with Gasteiger partial charge in [0.1, 0.15) is 0 Å². The Morgan fingerprint density at radius 1 is 1.10 bits per heavy atom. The lowest BCUT2D eigenvalue weighted by Crippen LogP contribution is -2.49. The van der Waals surface area contributed by atoms with Crippen molar-refractivity contribution in [3.05, 3.63) is 0 Å². The predicted octanol–water partition coefficient (Wildman–Crippen LogP) is -0.229. The zero-order valence-electron chi connectivity index (χ0n) is 12.8. The molecule has 2 saturated heterocycles. The second kappa shape index (κ2) is 7.75. The van der Waals surface area contributed by atoms with Gasteiger partial charge in [0.25, 0.3) is 0 Å². The minimum absolute atomic E-state index is 0.134. The van der Waals surface area contributed by atoms with Crippen molar-refractivity contribution in [2.75, 3.05) is 39.3 Å². The van der Waals surface area contributed by atoms with E-state index < -0.39 is 0 Å². The molecule has 120 valence electrons. The molecule has 2 unspecified atom stereocenters. The topological polar surface area (TPSA) is 92.7 Å². The Hall–Kier alpha value is -1.14. The molecule has 0 aromatic heterocycles. The van der Waals surface area contributed by atoms with Gasteiger partial charge in [0, 0.05) is 19.6 Å². The first-order valence-electron chi connectivity index (χ1n) is 8.09. The molecule has 2 amide bonds. The van der Waals surface area contributed by atoms with Crippen LogP contribution in [0.4, 0.5) is 0 Å². The van der Waals surface area contributed by atoms with Crippen LogP contribution in [0.3, 0.4) is 0 Å². The molecular formula is C15H28N4O2. The molecule has 21 heavy (non-hydrogen) atoms. The van der Waals surface area contributed by atoms with E-state index >= 15 is 0 Å². The van der Waals surface area contributed by atoms with Gasteiger partial charge >= 0.3 is 0 Å². The molecular weight excluding hydrogens is 268 g/mol. The van der Waals surface area contributed by atoms with E-state index in [2.05, 4.69) is 4.90 Å². The first kappa shape index (κ1) is 16.2. The van der Waals surface area contributed by atoms with Gasteiger partial charge in [-0.1, -0.05) is 0 Å². The minimum atomic E-state index is -0.284. The summed E-state index contributed by atoms with van der Waals surface area (Å²) in [5.41, 5.74) is 11.0. The van der Waals surface area contributed by atoms with E-state index in [-0.39, 0.29) is 17.7 Å². The third-order valence-electron chi connectivity index (χ3n) is 4.71. The zero-order chi connectivity index (χ0) is 15.2. The molecule has 2 aliphatic heterocycles. The van der Waals surface area contributed by atoms with E-state index in [1.807, 2.05) is 4.90 Å². The molecule has 0 aromatic rings. The van der Waals surface area contributed by atoms with Gasteiger partial charge in [0.05, 0.1) is 12.5 Å². The van der Waals surface area contributed by atoms with Crippen molar-refractivity contribution in [1.29, 1.82) is 0 Å². The summed E-state index contributed by atoms with van der Waals surface area (Å²) < 4.78 is 0. The molecule has 2 heterocycles. The van der Waals surface area contributed by atoms with Crippen molar-refractivity contribution < 1.29 is 9.59 Å². The van der Waals surface area contributed by atoms with Crippen LogP contribution in [-0.4, -0.2) is 60.9 Å². The maximum absolute atomic E-state index is 12.4. The van der Waals surface area contributed by atoms with Gasteiger partial charge < -0.3 is 16.4 Å². The van der Waals surface area contributed by atoms with Crippen molar-refractivity contribution in [2.24, 2.45) is 23.3 Å². The number of nitrogens with two attached hydrogens (primary N) is 2. The molecule has 6 heteroatoms. The van der Waals surface area contributed by atoms with Gasteiger partial charge in [-0.2, -0.15) is 0 Å². The Bertz CT molecular complexity index is 373. The standard InChI is InChI=1S/C15H28N4O2/c16-6-5-12-3-1-7-18(9-12)11-14(20)19-8-2-4-13(10-19)15(17)21/h12-13H,1-11,16H2,(H2,17,21). The van der Waals surface area contributed by atoms with Crippen LogP contribution in [0.1, 0.15) is 32.1 Å². The lowest BCUT2D eigenvalue weighted by atomic mass is 9.94. The summed E-state index contributed by atoms with van der Waals surface area (Å²) in [6.07, 6.45) is 5.08. The third-order valence-corrected chi connectivity index (χ3v) is 4.71. The Kier molecular flexibility index (Phi) is 5.99. The van der Waals surface area contributed by atoms with Crippen LogP contribution in [0.5, 0.6) is 0 Å². The Balaban J connectivity index is 1.81. The van der Waals surface area contributed by atoms with E-state index in [1.54, 1.807) is 0 Å². The van der Waals surface area contributed by atoms with E-state index in [0.717, 1.165) is 51.9 Å². The van der Waals surface area contributed by atoms with Gasteiger partial charge in [-0.25, -0.2) is 0 Å². The molecule has 4 N–H and O–H groups in total. The van der Waals surface area contributed by atoms with Gasteiger partial charge in [0.15, 0.2) is 0 Å². The Labute approximate surface area is 126 Å². The molecule has 2 atom stereocenters. The summed E-state index contributed by atoms with van der Waals surface area (Å²) in [6.45, 7) is 4.39. The second-order valence-corrected chi connectivity index (χ2v) is 6.40. The van der Waals surface area contributed by atoms with Crippen LogP contribution >= 0.6 is 0 Å². The number of nitrogens with zero attached hydrogens (tertiary/aromatic N) is 2. The minimum Gasteiger partial charge on any atom is -0.369 e. The predicted molar refractivity (Wildman–Crippen MR) is 81.3 cm³/mol. The highest BCUT2D eigenvalue weighted by Gasteiger charge is 2.28. The molecule has 2 fully saturated rings. The molecule has 0 saturated carbocycles. The Morgan fingerprint density at radius 3 is 2.57 bits per heavy atom. The van der Waals surface area contributed by atoms with Crippen molar-refractivity contribution in [2.45, 2.75) is 32.1 Å². The highest BCUT2D eigenvalue weighted by Crippen LogP contribution is 2.20. The number of rotatable bonds is 5.